The lowest BCUT2D eigenvalue weighted by molar-refractivity contribution is 0.465. The number of benzene rings is 9. The molecule has 0 amide bonds. The summed E-state index contributed by atoms with van der Waals surface area (Å²) in [6, 6.07) is 72.9. The molecule has 7 aliphatic rings. The second-order valence-electron chi connectivity index (χ2n) is 23.4. The molecule has 9 aromatic carbocycles. The lowest BCUT2D eigenvalue weighted by Crippen LogP contribution is -2.38. The first kappa shape index (κ1) is 43.8. The molecule has 2 spiro atoms. The largest absolute Gasteiger partial charge is 0.309 e. The van der Waals surface area contributed by atoms with Crippen molar-refractivity contribution in [3.05, 3.63) is 310 Å². The average molecular weight is 972 g/mol. The summed E-state index contributed by atoms with van der Waals surface area (Å²) in [6.07, 6.45) is 16.1. The predicted octanol–water partition coefficient (Wildman–Crippen LogP) is 18.8. The fourth-order valence-corrected chi connectivity index (χ4v) is 16.2. The molecule has 0 bridgehead atoms. The molecular weight excluding hydrogens is 915 g/mol. The number of allylic oxidation sites excluding steroid dienone is 9. The minimum absolute atomic E-state index is 0.255. The summed E-state index contributed by atoms with van der Waals surface area (Å²) >= 11 is 0. The van der Waals surface area contributed by atoms with E-state index in [0.717, 1.165) is 0 Å². The highest BCUT2D eigenvalue weighted by Crippen LogP contribution is 2.67. The molecule has 0 radical (unpaired) electrons. The molecule has 0 saturated heterocycles. The second-order valence-corrected chi connectivity index (χ2v) is 23.4. The van der Waals surface area contributed by atoms with E-state index in [1.54, 1.807) is 0 Å². The van der Waals surface area contributed by atoms with Crippen LogP contribution in [0.1, 0.15) is 107 Å². The zero-order valence-corrected chi connectivity index (χ0v) is 43.7. The molecule has 76 heavy (non-hydrogen) atoms. The second kappa shape index (κ2) is 15.1. The third kappa shape index (κ3) is 5.17. The summed E-state index contributed by atoms with van der Waals surface area (Å²) in [6.45, 7) is 16.4. The van der Waals surface area contributed by atoms with Crippen molar-refractivity contribution in [2.24, 2.45) is 5.92 Å². The van der Waals surface area contributed by atoms with E-state index in [9.17, 15) is 0 Å². The van der Waals surface area contributed by atoms with Crippen LogP contribution >= 0.6 is 0 Å². The molecule has 9 aromatic rings. The minimum Gasteiger partial charge on any atom is -0.309 e. The zero-order valence-electron chi connectivity index (χ0n) is 43.7. The van der Waals surface area contributed by atoms with Gasteiger partial charge >= 0.3 is 0 Å². The predicted molar refractivity (Wildman–Crippen MR) is 316 cm³/mol. The monoisotopic (exact) mass is 971 g/mol. The highest BCUT2D eigenvalue weighted by molar-refractivity contribution is 6.00. The molecule has 0 saturated carbocycles. The van der Waals surface area contributed by atoms with Crippen LogP contribution in [0.2, 0.25) is 0 Å². The Morgan fingerprint density at radius 3 is 1.57 bits per heavy atom. The Labute approximate surface area is 447 Å². The summed E-state index contributed by atoms with van der Waals surface area (Å²) in [5.74, 6) is 0.575. The standard InChI is InChI=1S/C75H57N/c1-7-21-57-49(8-2)55-37-34-45(40-64(55)74(57)58-27-14-9-22-50(58)51-23-10-15-28-59(51)74)46-36-39-70-66(42-46)73(5,6)68-44-48(43-67-71(68)76(70)69-33-20-19-32-63(69)72(67,3)4)47-35-38-56-54-26-13-18-31-62(54)75(65(56)41-47)60-29-16-11-24-52(60)53-25-12-17-30-61(53)75/h7-44,54,62H,2H2,1,3-6H3/b21-7-. The van der Waals surface area contributed by atoms with Crippen LogP contribution in [0, 0.1) is 5.92 Å². The molecule has 1 nitrogen and oxygen atoms in total. The number of hydrogen-bond donors (Lipinski definition) is 0. The molecule has 2 heterocycles. The SMILES string of the molecule is C=CC1=C(/C=C\C)C2(c3cc(-c4ccc5c(c4)C(C)(C)c4cc(-c6ccc7c(c6)C6(c8ccccc8-c8ccccc86)C6C=CC=CC76)cc6c4N5c4ccccc4C6(C)C)ccc31)c1ccccc1-c1ccccc12. The first-order valence-electron chi connectivity index (χ1n) is 27.4. The summed E-state index contributed by atoms with van der Waals surface area (Å²) in [5, 5.41) is 0. The van der Waals surface area contributed by atoms with Crippen molar-refractivity contribution in [2.45, 2.75) is 62.2 Å². The topological polar surface area (TPSA) is 3.24 Å². The van der Waals surface area contributed by atoms with Gasteiger partial charge in [0.15, 0.2) is 0 Å². The maximum Gasteiger partial charge on any atom is 0.0725 e. The molecule has 5 aliphatic carbocycles. The summed E-state index contributed by atoms with van der Waals surface area (Å²) in [4.78, 5) is 2.61. The number of anilines is 3. The quantitative estimate of drug-likeness (QED) is 0.170. The minimum atomic E-state index is -0.467. The lowest BCUT2D eigenvalue weighted by Gasteiger charge is -2.50. The van der Waals surface area contributed by atoms with Crippen LogP contribution in [-0.2, 0) is 21.7 Å². The van der Waals surface area contributed by atoms with Gasteiger partial charge in [-0.15, -0.1) is 0 Å². The van der Waals surface area contributed by atoms with Gasteiger partial charge < -0.3 is 4.90 Å². The van der Waals surface area contributed by atoms with Crippen molar-refractivity contribution in [1.29, 1.82) is 0 Å². The van der Waals surface area contributed by atoms with Crippen LogP contribution < -0.4 is 4.90 Å². The van der Waals surface area contributed by atoms with Gasteiger partial charge in [-0.3, -0.25) is 0 Å². The number of para-hydroxylation sites is 1. The molecule has 2 atom stereocenters. The molecule has 2 unspecified atom stereocenters. The van der Waals surface area contributed by atoms with E-state index < -0.39 is 5.41 Å². The van der Waals surface area contributed by atoms with Crippen molar-refractivity contribution >= 4 is 22.6 Å². The van der Waals surface area contributed by atoms with Crippen LogP contribution in [0.3, 0.4) is 0 Å². The molecule has 0 N–H and O–H groups in total. The lowest BCUT2D eigenvalue weighted by atomic mass is 9.65. The van der Waals surface area contributed by atoms with Crippen molar-refractivity contribution in [3.63, 3.8) is 0 Å². The normalized spacial score (nSPS) is 19.6. The third-order valence-corrected chi connectivity index (χ3v) is 19.4. The van der Waals surface area contributed by atoms with Gasteiger partial charge in [-0.25, -0.2) is 0 Å². The maximum absolute atomic E-state index is 4.44. The third-order valence-electron chi connectivity index (χ3n) is 19.4. The van der Waals surface area contributed by atoms with Crippen LogP contribution in [-0.4, -0.2) is 0 Å². The fraction of sp³-hybridized carbons (Fsp3) is 0.147. The van der Waals surface area contributed by atoms with E-state index in [1.807, 2.05) is 0 Å². The first-order chi connectivity index (χ1) is 37.1. The van der Waals surface area contributed by atoms with Crippen LogP contribution in [0.5, 0.6) is 0 Å². The van der Waals surface area contributed by atoms with Crippen LogP contribution in [0.15, 0.2) is 243 Å². The fourth-order valence-electron chi connectivity index (χ4n) is 16.2. The molecular formula is C75H57N. The summed E-state index contributed by atoms with van der Waals surface area (Å²) < 4.78 is 0. The molecule has 1 heteroatoms. The van der Waals surface area contributed by atoms with Crippen molar-refractivity contribution in [2.75, 3.05) is 4.90 Å². The maximum atomic E-state index is 4.44. The van der Waals surface area contributed by atoms with Gasteiger partial charge in [0.25, 0.3) is 0 Å². The average Bonchev–Trinajstić information content (AvgIpc) is 4.28. The van der Waals surface area contributed by atoms with Gasteiger partial charge in [0.05, 0.1) is 27.9 Å². The number of rotatable bonds is 4. The van der Waals surface area contributed by atoms with E-state index in [-0.39, 0.29) is 22.2 Å². The van der Waals surface area contributed by atoms with Gasteiger partial charge in [-0.05, 0) is 172 Å². The first-order valence-corrected chi connectivity index (χ1v) is 27.4. The summed E-state index contributed by atoms with van der Waals surface area (Å²) in [5.41, 5.74) is 31.7. The Bertz CT molecular complexity index is 4140. The van der Waals surface area contributed by atoms with Crippen LogP contribution in [0.25, 0.3) is 50.1 Å². The van der Waals surface area contributed by atoms with E-state index >= 15 is 0 Å². The Morgan fingerprint density at radius 2 is 0.921 bits per heavy atom. The Kier molecular flexibility index (Phi) is 8.70. The van der Waals surface area contributed by atoms with E-state index in [2.05, 4.69) is 277 Å². The Morgan fingerprint density at radius 1 is 0.434 bits per heavy atom. The zero-order chi connectivity index (χ0) is 51.0. The van der Waals surface area contributed by atoms with Gasteiger partial charge in [0, 0.05) is 22.7 Å². The summed E-state index contributed by atoms with van der Waals surface area (Å²) in [7, 11) is 0. The van der Waals surface area contributed by atoms with Gasteiger partial charge in [-0.1, -0.05) is 222 Å². The molecule has 16 rings (SSSR count). The number of hydrogen-bond acceptors (Lipinski definition) is 1. The number of nitrogens with zero attached hydrogens (tertiary/aromatic N) is 1. The molecule has 0 fully saturated rings. The van der Waals surface area contributed by atoms with Crippen molar-refractivity contribution in [1.82, 2.24) is 0 Å². The van der Waals surface area contributed by atoms with E-state index in [4.69, 9.17) is 0 Å². The van der Waals surface area contributed by atoms with Crippen molar-refractivity contribution in [3.8, 4) is 44.5 Å². The molecule has 362 valence electrons. The van der Waals surface area contributed by atoms with E-state index in [0.29, 0.717) is 5.92 Å². The number of fused-ring (bicyclic) bond motifs is 21. The smallest absolute Gasteiger partial charge is 0.0725 e. The van der Waals surface area contributed by atoms with Gasteiger partial charge in [0.1, 0.15) is 0 Å². The highest BCUT2D eigenvalue weighted by Gasteiger charge is 2.57. The van der Waals surface area contributed by atoms with Crippen molar-refractivity contribution < 1.29 is 0 Å². The van der Waals surface area contributed by atoms with Gasteiger partial charge in [0.2, 0.25) is 0 Å². The molecule has 0 aromatic heterocycles. The Hall–Kier alpha value is -8.52. The van der Waals surface area contributed by atoms with E-state index in [1.165, 1.54) is 139 Å². The molecule has 2 aliphatic heterocycles. The van der Waals surface area contributed by atoms with Gasteiger partial charge in [-0.2, -0.15) is 0 Å². The Balaban J connectivity index is 0.896. The highest BCUT2D eigenvalue weighted by atomic mass is 15.2. The van der Waals surface area contributed by atoms with Crippen LogP contribution in [0.4, 0.5) is 17.1 Å².